The van der Waals surface area contributed by atoms with Crippen LogP contribution >= 0.6 is 24.0 Å². The lowest BCUT2D eigenvalue weighted by Gasteiger charge is -2.20. The minimum absolute atomic E-state index is 0. The highest BCUT2D eigenvalue weighted by Crippen LogP contribution is 2.13. The molecule has 0 unspecified atom stereocenters. The highest BCUT2D eigenvalue weighted by atomic mass is 127. The number of hydrogen-bond donors (Lipinski definition) is 2. The van der Waals surface area contributed by atoms with Gasteiger partial charge in [0.1, 0.15) is 0 Å². The van der Waals surface area contributed by atoms with E-state index in [9.17, 15) is 0 Å². The zero-order valence-electron chi connectivity index (χ0n) is 16.6. The van der Waals surface area contributed by atoms with E-state index >= 15 is 0 Å². The van der Waals surface area contributed by atoms with Crippen LogP contribution in [-0.2, 0) is 6.54 Å². The zero-order valence-corrected chi connectivity index (χ0v) is 19.0. The van der Waals surface area contributed by atoms with E-state index in [0.717, 1.165) is 25.5 Å². The number of nitrogens with zero attached hydrogens (tertiary/aromatic N) is 3. The third-order valence-corrected chi connectivity index (χ3v) is 4.75. The van der Waals surface area contributed by atoms with Crippen LogP contribution in [0.3, 0.4) is 0 Å². The van der Waals surface area contributed by atoms with Crippen LogP contribution in [0.1, 0.15) is 37.7 Å². The van der Waals surface area contributed by atoms with E-state index in [0.29, 0.717) is 0 Å². The fourth-order valence-electron chi connectivity index (χ4n) is 3.22. The lowest BCUT2D eigenvalue weighted by molar-refractivity contribution is 0.282. The fraction of sp³-hybridized carbons (Fsp3) is 0.650. The van der Waals surface area contributed by atoms with Gasteiger partial charge >= 0.3 is 0 Å². The van der Waals surface area contributed by atoms with Gasteiger partial charge in [0.15, 0.2) is 5.96 Å². The minimum atomic E-state index is 0. The molecule has 148 valence electrons. The van der Waals surface area contributed by atoms with Gasteiger partial charge in [0, 0.05) is 39.9 Å². The summed E-state index contributed by atoms with van der Waals surface area (Å²) in [4.78, 5) is 9.06. The number of halogens is 1. The summed E-state index contributed by atoms with van der Waals surface area (Å²) in [7, 11) is 5.97. The molecule has 1 saturated heterocycles. The molecule has 6 heteroatoms. The van der Waals surface area contributed by atoms with Crippen molar-refractivity contribution in [1.82, 2.24) is 15.5 Å². The molecule has 0 saturated carbocycles. The minimum Gasteiger partial charge on any atom is -0.378 e. The van der Waals surface area contributed by atoms with Crippen LogP contribution < -0.4 is 15.5 Å². The molecule has 26 heavy (non-hydrogen) atoms. The third-order valence-electron chi connectivity index (χ3n) is 4.75. The van der Waals surface area contributed by atoms with E-state index in [1.807, 2.05) is 7.05 Å². The fourth-order valence-corrected chi connectivity index (χ4v) is 3.22. The van der Waals surface area contributed by atoms with Crippen molar-refractivity contribution in [2.45, 2.75) is 38.6 Å². The summed E-state index contributed by atoms with van der Waals surface area (Å²) in [6.07, 6.45) is 6.70. The van der Waals surface area contributed by atoms with E-state index in [1.165, 1.54) is 56.6 Å². The second-order valence-corrected chi connectivity index (χ2v) is 7.03. The summed E-state index contributed by atoms with van der Waals surface area (Å²) in [5, 5.41) is 6.84. The molecule has 1 aliphatic rings. The Balaban J connectivity index is 0.00000338. The van der Waals surface area contributed by atoms with Gasteiger partial charge < -0.3 is 20.4 Å². The number of aliphatic imine (C=N–C) groups is 1. The number of guanidine groups is 1. The smallest absolute Gasteiger partial charge is 0.191 e. The Hall–Kier alpha value is -1.02. The second-order valence-electron chi connectivity index (χ2n) is 7.03. The summed E-state index contributed by atoms with van der Waals surface area (Å²) in [6, 6.07) is 8.58. The molecule has 2 rings (SSSR count). The largest absolute Gasteiger partial charge is 0.378 e. The first-order chi connectivity index (χ1) is 12.2. The van der Waals surface area contributed by atoms with Crippen molar-refractivity contribution < 1.29 is 0 Å². The molecular formula is C20H36IN5. The number of benzene rings is 1. The normalized spacial score (nSPS) is 15.7. The van der Waals surface area contributed by atoms with Crippen LogP contribution in [0.15, 0.2) is 29.3 Å². The number of likely N-dealkylation sites (tertiary alicyclic amines) is 1. The van der Waals surface area contributed by atoms with Gasteiger partial charge in [-0.05, 0) is 56.6 Å². The van der Waals surface area contributed by atoms with Gasteiger partial charge in [-0.2, -0.15) is 0 Å². The summed E-state index contributed by atoms with van der Waals surface area (Å²) in [6.45, 7) is 5.49. The van der Waals surface area contributed by atoms with Crippen LogP contribution in [0.5, 0.6) is 0 Å². The average molecular weight is 473 g/mol. The molecule has 1 heterocycles. The van der Waals surface area contributed by atoms with Crippen LogP contribution in [-0.4, -0.2) is 58.2 Å². The molecule has 0 atom stereocenters. The van der Waals surface area contributed by atoms with Gasteiger partial charge in [0.2, 0.25) is 0 Å². The first-order valence-corrected chi connectivity index (χ1v) is 9.62. The Labute approximate surface area is 176 Å². The Morgan fingerprint density at radius 3 is 2.50 bits per heavy atom. The Kier molecular flexibility index (Phi) is 11.7. The van der Waals surface area contributed by atoms with Gasteiger partial charge in [-0.3, -0.25) is 4.99 Å². The van der Waals surface area contributed by atoms with E-state index in [1.54, 1.807) is 0 Å². The maximum absolute atomic E-state index is 4.33. The molecule has 0 bridgehead atoms. The standard InChI is InChI=1S/C20H35N5.HI/c1-21-20(22-12-9-15-25-13-6-4-5-7-14-25)23-17-18-10-8-11-19(16-18)24(2)3;/h8,10-11,16H,4-7,9,12-15,17H2,1-3H3,(H2,21,22,23);1H. The van der Waals surface area contributed by atoms with Crippen LogP contribution in [0, 0.1) is 0 Å². The monoisotopic (exact) mass is 473 g/mol. The lowest BCUT2D eigenvalue weighted by atomic mass is 10.2. The molecule has 1 aromatic carbocycles. The number of anilines is 1. The molecule has 0 aromatic heterocycles. The van der Waals surface area contributed by atoms with Crippen LogP contribution in [0.4, 0.5) is 5.69 Å². The van der Waals surface area contributed by atoms with E-state index in [4.69, 9.17) is 0 Å². The molecular weight excluding hydrogens is 437 g/mol. The molecule has 0 radical (unpaired) electrons. The highest BCUT2D eigenvalue weighted by Gasteiger charge is 2.08. The first kappa shape index (κ1) is 23.0. The van der Waals surface area contributed by atoms with E-state index in [-0.39, 0.29) is 24.0 Å². The molecule has 1 aromatic rings. The van der Waals surface area contributed by atoms with Crippen molar-refractivity contribution in [1.29, 1.82) is 0 Å². The SMILES string of the molecule is CN=C(NCCCN1CCCCCC1)NCc1cccc(N(C)C)c1.I. The van der Waals surface area contributed by atoms with E-state index < -0.39 is 0 Å². The van der Waals surface area contributed by atoms with Crippen LogP contribution in [0.2, 0.25) is 0 Å². The Morgan fingerprint density at radius 2 is 1.85 bits per heavy atom. The van der Waals surface area contributed by atoms with Crippen molar-refractivity contribution >= 4 is 35.6 Å². The molecule has 0 aliphatic carbocycles. The second kappa shape index (κ2) is 13.2. The summed E-state index contributed by atoms with van der Waals surface area (Å²) in [5.41, 5.74) is 2.48. The van der Waals surface area contributed by atoms with E-state index in [2.05, 4.69) is 63.8 Å². The van der Waals surface area contributed by atoms with Gasteiger partial charge in [0.05, 0.1) is 0 Å². The molecule has 5 nitrogen and oxygen atoms in total. The van der Waals surface area contributed by atoms with Gasteiger partial charge in [0.25, 0.3) is 0 Å². The van der Waals surface area contributed by atoms with Crippen molar-refractivity contribution in [3.05, 3.63) is 29.8 Å². The maximum Gasteiger partial charge on any atom is 0.191 e. The summed E-state index contributed by atoms with van der Waals surface area (Å²) in [5.74, 6) is 0.881. The predicted octanol–water partition coefficient (Wildman–Crippen LogP) is 3.30. The van der Waals surface area contributed by atoms with Gasteiger partial charge in [-0.25, -0.2) is 0 Å². The van der Waals surface area contributed by atoms with Crippen molar-refractivity contribution in [3.8, 4) is 0 Å². The third kappa shape index (κ3) is 8.58. The zero-order chi connectivity index (χ0) is 17.9. The number of hydrogen-bond acceptors (Lipinski definition) is 3. The Morgan fingerprint density at radius 1 is 1.12 bits per heavy atom. The molecule has 1 aliphatic heterocycles. The number of rotatable bonds is 7. The predicted molar refractivity (Wildman–Crippen MR) is 124 cm³/mol. The quantitative estimate of drug-likeness (QED) is 0.276. The van der Waals surface area contributed by atoms with Gasteiger partial charge in [-0.15, -0.1) is 24.0 Å². The van der Waals surface area contributed by atoms with Crippen molar-refractivity contribution in [2.75, 3.05) is 52.2 Å². The number of nitrogens with one attached hydrogen (secondary N) is 2. The summed E-state index contributed by atoms with van der Waals surface area (Å²) < 4.78 is 0. The summed E-state index contributed by atoms with van der Waals surface area (Å²) >= 11 is 0. The molecule has 0 amide bonds. The average Bonchev–Trinajstić information content (AvgIpc) is 2.90. The van der Waals surface area contributed by atoms with Crippen LogP contribution in [0.25, 0.3) is 0 Å². The van der Waals surface area contributed by atoms with Gasteiger partial charge in [-0.1, -0.05) is 25.0 Å². The topological polar surface area (TPSA) is 42.9 Å². The van der Waals surface area contributed by atoms with Crippen molar-refractivity contribution in [3.63, 3.8) is 0 Å². The Bertz CT molecular complexity index is 525. The van der Waals surface area contributed by atoms with Crippen molar-refractivity contribution in [2.24, 2.45) is 4.99 Å². The molecule has 0 spiro atoms. The molecule has 1 fully saturated rings. The highest BCUT2D eigenvalue weighted by molar-refractivity contribution is 14.0. The maximum atomic E-state index is 4.33. The lowest BCUT2D eigenvalue weighted by Crippen LogP contribution is -2.38. The molecule has 2 N–H and O–H groups in total. The first-order valence-electron chi connectivity index (χ1n) is 9.62.